The van der Waals surface area contributed by atoms with Crippen LogP contribution in [0.5, 0.6) is 0 Å². The summed E-state index contributed by atoms with van der Waals surface area (Å²) in [5, 5.41) is 9.19. The number of benzene rings is 1. The van der Waals surface area contributed by atoms with Gasteiger partial charge in [-0.05, 0) is 19.4 Å². The smallest absolute Gasteiger partial charge is 0.242 e. The third-order valence-electron chi connectivity index (χ3n) is 3.47. The molecule has 0 saturated heterocycles. The minimum absolute atomic E-state index is 0.0929. The Morgan fingerprint density at radius 1 is 1.28 bits per heavy atom. The number of hydrogen-bond donors (Lipinski definition) is 2. The third kappa shape index (κ3) is 6.54. The van der Waals surface area contributed by atoms with Gasteiger partial charge in [0.05, 0.1) is 17.2 Å². The van der Waals surface area contributed by atoms with Crippen molar-refractivity contribution in [2.45, 2.75) is 26.9 Å². The van der Waals surface area contributed by atoms with Crippen LogP contribution in [0.1, 0.15) is 23.2 Å². The van der Waals surface area contributed by atoms with Gasteiger partial charge in [0.2, 0.25) is 5.91 Å². The maximum Gasteiger partial charge on any atom is 0.242 e. The Bertz CT molecular complexity index is 699. The molecule has 0 aliphatic rings. The zero-order valence-corrected chi connectivity index (χ0v) is 15.8. The summed E-state index contributed by atoms with van der Waals surface area (Å²) in [6.45, 7) is 6.00. The summed E-state index contributed by atoms with van der Waals surface area (Å²) in [5.74, 6) is 0.597. The largest absolute Gasteiger partial charge is 0.357 e. The van der Waals surface area contributed by atoms with Crippen molar-refractivity contribution in [1.82, 2.24) is 20.5 Å². The molecule has 6 nitrogen and oxygen atoms in total. The van der Waals surface area contributed by atoms with Crippen molar-refractivity contribution in [2.24, 2.45) is 4.99 Å². The Morgan fingerprint density at radius 2 is 2.04 bits per heavy atom. The van der Waals surface area contributed by atoms with Crippen molar-refractivity contribution < 1.29 is 4.79 Å². The van der Waals surface area contributed by atoms with Gasteiger partial charge < -0.3 is 15.5 Å². The van der Waals surface area contributed by atoms with Gasteiger partial charge in [-0.25, -0.2) is 9.98 Å². The Hall–Kier alpha value is -2.41. The van der Waals surface area contributed by atoms with E-state index in [2.05, 4.69) is 20.6 Å². The highest BCUT2D eigenvalue weighted by Crippen LogP contribution is 2.09. The van der Waals surface area contributed by atoms with E-state index in [0.717, 1.165) is 22.8 Å². The molecule has 0 bridgehead atoms. The monoisotopic (exact) mass is 359 g/mol. The van der Waals surface area contributed by atoms with Gasteiger partial charge in [0, 0.05) is 25.5 Å². The van der Waals surface area contributed by atoms with Crippen LogP contribution in [-0.2, 0) is 17.9 Å². The molecule has 0 aliphatic heterocycles. The van der Waals surface area contributed by atoms with E-state index >= 15 is 0 Å². The second-order valence-electron chi connectivity index (χ2n) is 5.65. The molecule has 0 spiro atoms. The summed E-state index contributed by atoms with van der Waals surface area (Å²) in [5.41, 5.74) is 2.08. The van der Waals surface area contributed by atoms with Crippen LogP contribution in [0, 0.1) is 6.92 Å². The molecule has 1 amide bonds. The number of amides is 1. The van der Waals surface area contributed by atoms with Crippen molar-refractivity contribution in [3.05, 3.63) is 52.0 Å². The molecule has 0 radical (unpaired) electrons. The molecule has 1 heterocycles. The molecule has 0 saturated carbocycles. The highest BCUT2D eigenvalue weighted by Gasteiger charge is 2.09. The van der Waals surface area contributed by atoms with Gasteiger partial charge in [-0.3, -0.25) is 4.79 Å². The van der Waals surface area contributed by atoms with Gasteiger partial charge in [0.25, 0.3) is 0 Å². The summed E-state index contributed by atoms with van der Waals surface area (Å²) in [4.78, 5) is 22.9. The standard InChI is InChI=1S/C18H25N5OS/c1-4-19-18(23(3)12-16-13-25-14(2)22-16)21-11-17(24)20-10-15-8-6-5-7-9-15/h5-9,13H,4,10-12H2,1-3H3,(H,19,21)(H,20,24). The molecule has 25 heavy (non-hydrogen) atoms. The first-order chi connectivity index (χ1) is 12.1. The second kappa shape index (κ2) is 9.78. The summed E-state index contributed by atoms with van der Waals surface area (Å²) >= 11 is 1.63. The van der Waals surface area contributed by atoms with Crippen molar-refractivity contribution in [1.29, 1.82) is 0 Å². The number of thiazole rings is 1. The lowest BCUT2D eigenvalue weighted by atomic mass is 10.2. The third-order valence-corrected chi connectivity index (χ3v) is 4.29. The second-order valence-corrected chi connectivity index (χ2v) is 6.71. The molecule has 2 aromatic rings. The van der Waals surface area contributed by atoms with Gasteiger partial charge in [0.15, 0.2) is 5.96 Å². The Labute approximate surface area is 153 Å². The van der Waals surface area contributed by atoms with Crippen molar-refractivity contribution in [3.63, 3.8) is 0 Å². The fraction of sp³-hybridized carbons (Fsp3) is 0.389. The van der Waals surface area contributed by atoms with Crippen LogP contribution in [0.25, 0.3) is 0 Å². The number of nitrogens with zero attached hydrogens (tertiary/aromatic N) is 3. The lowest BCUT2D eigenvalue weighted by Gasteiger charge is -2.21. The number of rotatable bonds is 7. The Balaban J connectivity index is 1.88. The molecule has 0 aliphatic carbocycles. The molecule has 2 N–H and O–H groups in total. The molecule has 0 fully saturated rings. The molecular formula is C18H25N5OS. The van der Waals surface area contributed by atoms with Crippen LogP contribution in [0.15, 0.2) is 40.7 Å². The molecule has 0 atom stereocenters. The maximum atomic E-state index is 12.0. The van der Waals surface area contributed by atoms with Crippen LogP contribution in [0.4, 0.5) is 0 Å². The van der Waals surface area contributed by atoms with E-state index in [9.17, 15) is 4.79 Å². The van der Waals surface area contributed by atoms with Crippen molar-refractivity contribution in [2.75, 3.05) is 20.1 Å². The van der Waals surface area contributed by atoms with E-state index in [-0.39, 0.29) is 12.5 Å². The molecule has 1 aromatic carbocycles. The molecule has 7 heteroatoms. The normalized spacial score (nSPS) is 11.2. The molecule has 1 aromatic heterocycles. The fourth-order valence-corrected chi connectivity index (χ4v) is 2.87. The van der Waals surface area contributed by atoms with E-state index in [1.54, 1.807) is 11.3 Å². The minimum atomic E-state index is -0.0999. The number of guanidine groups is 1. The molecule has 134 valence electrons. The van der Waals surface area contributed by atoms with Crippen LogP contribution in [0.2, 0.25) is 0 Å². The Kier molecular flexibility index (Phi) is 7.40. The number of aryl methyl sites for hydroxylation is 1. The molecular weight excluding hydrogens is 334 g/mol. The van der Waals surface area contributed by atoms with E-state index < -0.39 is 0 Å². The van der Waals surface area contributed by atoms with Crippen molar-refractivity contribution in [3.8, 4) is 0 Å². The number of carbonyl (C=O) groups excluding carboxylic acids is 1. The fourth-order valence-electron chi connectivity index (χ4n) is 2.27. The van der Waals surface area contributed by atoms with E-state index in [0.29, 0.717) is 19.0 Å². The first-order valence-electron chi connectivity index (χ1n) is 8.29. The van der Waals surface area contributed by atoms with E-state index in [1.165, 1.54) is 0 Å². The topological polar surface area (TPSA) is 69.6 Å². The minimum Gasteiger partial charge on any atom is -0.357 e. The predicted molar refractivity (Wildman–Crippen MR) is 103 cm³/mol. The quantitative estimate of drug-likeness (QED) is 0.587. The maximum absolute atomic E-state index is 12.0. The van der Waals surface area contributed by atoms with Gasteiger partial charge in [0.1, 0.15) is 6.54 Å². The Morgan fingerprint density at radius 3 is 2.68 bits per heavy atom. The average molecular weight is 359 g/mol. The SMILES string of the molecule is CCNC(=NCC(=O)NCc1ccccc1)N(C)Cc1csc(C)n1. The lowest BCUT2D eigenvalue weighted by Crippen LogP contribution is -2.39. The predicted octanol–water partition coefficient (Wildman–Crippen LogP) is 2.17. The van der Waals surface area contributed by atoms with Crippen LogP contribution < -0.4 is 10.6 Å². The number of aliphatic imine (C=N–C) groups is 1. The first kappa shape index (κ1) is 18.9. The summed E-state index contributed by atoms with van der Waals surface area (Å²) in [6, 6.07) is 9.84. The van der Waals surface area contributed by atoms with Crippen LogP contribution in [-0.4, -0.2) is 41.9 Å². The van der Waals surface area contributed by atoms with Crippen molar-refractivity contribution >= 4 is 23.2 Å². The zero-order chi connectivity index (χ0) is 18.1. The first-order valence-corrected chi connectivity index (χ1v) is 9.17. The van der Waals surface area contributed by atoms with Gasteiger partial charge >= 0.3 is 0 Å². The number of hydrogen-bond acceptors (Lipinski definition) is 4. The molecule has 2 rings (SSSR count). The average Bonchev–Trinajstić information content (AvgIpc) is 3.02. The number of aromatic nitrogens is 1. The van der Waals surface area contributed by atoms with E-state index in [4.69, 9.17) is 0 Å². The van der Waals surface area contributed by atoms with E-state index in [1.807, 2.05) is 61.5 Å². The van der Waals surface area contributed by atoms with Crippen LogP contribution in [0.3, 0.4) is 0 Å². The van der Waals surface area contributed by atoms with Gasteiger partial charge in [-0.15, -0.1) is 11.3 Å². The summed E-state index contributed by atoms with van der Waals surface area (Å²) < 4.78 is 0. The summed E-state index contributed by atoms with van der Waals surface area (Å²) in [6.07, 6.45) is 0. The van der Waals surface area contributed by atoms with Crippen LogP contribution >= 0.6 is 11.3 Å². The lowest BCUT2D eigenvalue weighted by molar-refractivity contribution is -0.119. The highest BCUT2D eigenvalue weighted by molar-refractivity contribution is 7.09. The molecule has 0 unspecified atom stereocenters. The number of carbonyl (C=O) groups is 1. The van der Waals surface area contributed by atoms with Gasteiger partial charge in [-0.1, -0.05) is 30.3 Å². The summed E-state index contributed by atoms with van der Waals surface area (Å²) in [7, 11) is 1.94. The highest BCUT2D eigenvalue weighted by atomic mass is 32.1. The zero-order valence-electron chi connectivity index (χ0n) is 15.0. The number of nitrogens with one attached hydrogen (secondary N) is 2. The van der Waals surface area contributed by atoms with Gasteiger partial charge in [-0.2, -0.15) is 0 Å².